The largest absolute Gasteiger partial charge is 0.359 e. The van der Waals surface area contributed by atoms with E-state index in [0.29, 0.717) is 18.4 Å². The maximum absolute atomic E-state index is 12.7. The minimum atomic E-state index is -0.187. The van der Waals surface area contributed by atoms with E-state index >= 15 is 0 Å². The van der Waals surface area contributed by atoms with E-state index in [1.54, 1.807) is 24.0 Å². The fraction of sp³-hybridized carbons (Fsp3) is 0.190. The first-order valence-electron chi connectivity index (χ1n) is 8.76. The van der Waals surface area contributed by atoms with Gasteiger partial charge in [-0.15, -0.1) is 0 Å². The second kappa shape index (κ2) is 8.31. The zero-order valence-electron chi connectivity index (χ0n) is 15.4. The SMILES string of the molecule is CNC(=O)CCc1ccccc1NC(=O)c1cccc(-c2cnn(C)c2)c1. The minimum Gasteiger partial charge on any atom is -0.359 e. The molecule has 0 saturated heterocycles. The number of benzene rings is 2. The molecule has 3 aromatic rings. The molecule has 138 valence electrons. The highest BCUT2D eigenvalue weighted by Gasteiger charge is 2.11. The van der Waals surface area contributed by atoms with Crippen LogP contribution < -0.4 is 10.6 Å². The highest BCUT2D eigenvalue weighted by atomic mass is 16.2. The van der Waals surface area contributed by atoms with Crippen LogP contribution in [-0.2, 0) is 18.3 Å². The molecule has 0 spiro atoms. The summed E-state index contributed by atoms with van der Waals surface area (Å²) in [6.07, 6.45) is 4.61. The quantitative estimate of drug-likeness (QED) is 0.708. The molecule has 0 aliphatic heterocycles. The molecule has 2 amide bonds. The van der Waals surface area contributed by atoms with Crippen LogP contribution in [0.4, 0.5) is 5.69 Å². The van der Waals surface area contributed by atoms with Gasteiger partial charge in [0.25, 0.3) is 5.91 Å². The third-order valence-electron chi connectivity index (χ3n) is 4.33. The lowest BCUT2D eigenvalue weighted by Gasteiger charge is -2.11. The van der Waals surface area contributed by atoms with Crippen LogP contribution in [0.2, 0.25) is 0 Å². The summed E-state index contributed by atoms with van der Waals surface area (Å²) in [5.74, 6) is -0.214. The van der Waals surface area contributed by atoms with E-state index in [-0.39, 0.29) is 11.8 Å². The molecular formula is C21H22N4O2. The first-order chi connectivity index (χ1) is 13.1. The summed E-state index contributed by atoms with van der Waals surface area (Å²) in [4.78, 5) is 24.2. The number of aryl methyl sites for hydroxylation is 2. The van der Waals surface area contributed by atoms with Crippen molar-refractivity contribution in [3.8, 4) is 11.1 Å². The number of carbonyl (C=O) groups is 2. The first-order valence-corrected chi connectivity index (χ1v) is 8.76. The summed E-state index contributed by atoms with van der Waals surface area (Å²) in [5, 5.41) is 9.74. The molecule has 0 bridgehead atoms. The van der Waals surface area contributed by atoms with Crippen LogP contribution in [0.3, 0.4) is 0 Å². The summed E-state index contributed by atoms with van der Waals surface area (Å²) in [6.45, 7) is 0. The monoisotopic (exact) mass is 362 g/mol. The lowest BCUT2D eigenvalue weighted by atomic mass is 10.0. The predicted molar refractivity (Wildman–Crippen MR) is 105 cm³/mol. The second-order valence-electron chi connectivity index (χ2n) is 6.27. The number of para-hydroxylation sites is 1. The van der Waals surface area contributed by atoms with Crippen molar-refractivity contribution in [2.75, 3.05) is 12.4 Å². The van der Waals surface area contributed by atoms with Gasteiger partial charge < -0.3 is 10.6 Å². The maximum atomic E-state index is 12.7. The van der Waals surface area contributed by atoms with Crippen LogP contribution in [-0.4, -0.2) is 28.6 Å². The zero-order chi connectivity index (χ0) is 19.2. The average Bonchev–Trinajstić information content (AvgIpc) is 3.13. The van der Waals surface area contributed by atoms with E-state index in [1.807, 2.05) is 55.7 Å². The van der Waals surface area contributed by atoms with Gasteiger partial charge in [-0.2, -0.15) is 5.10 Å². The third kappa shape index (κ3) is 4.61. The van der Waals surface area contributed by atoms with E-state index in [9.17, 15) is 9.59 Å². The van der Waals surface area contributed by atoms with Gasteiger partial charge in [-0.1, -0.05) is 30.3 Å². The van der Waals surface area contributed by atoms with Crippen molar-refractivity contribution in [3.63, 3.8) is 0 Å². The summed E-state index contributed by atoms with van der Waals surface area (Å²) in [6, 6.07) is 15.0. The molecule has 0 saturated carbocycles. The minimum absolute atomic E-state index is 0.0275. The molecule has 0 aliphatic rings. The average molecular weight is 362 g/mol. The summed E-state index contributed by atoms with van der Waals surface area (Å²) >= 11 is 0. The Morgan fingerprint density at radius 2 is 1.89 bits per heavy atom. The molecule has 0 fully saturated rings. The fourth-order valence-corrected chi connectivity index (χ4v) is 2.84. The maximum Gasteiger partial charge on any atom is 0.255 e. The number of hydrogen-bond acceptors (Lipinski definition) is 3. The van der Waals surface area contributed by atoms with E-state index in [4.69, 9.17) is 0 Å². The Morgan fingerprint density at radius 3 is 2.63 bits per heavy atom. The van der Waals surface area contributed by atoms with Crippen molar-refractivity contribution in [2.24, 2.45) is 7.05 Å². The van der Waals surface area contributed by atoms with Gasteiger partial charge >= 0.3 is 0 Å². The van der Waals surface area contributed by atoms with Gasteiger partial charge in [0.2, 0.25) is 5.91 Å². The predicted octanol–water partition coefficient (Wildman–Crippen LogP) is 3.02. The number of amides is 2. The molecule has 0 radical (unpaired) electrons. The van der Waals surface area contributed by atoms with Gasteiger partial charge in [-0.25, -0.2) is 0 Å². The molecule has 2 N–H and O–H groups in total. The van der Waals surface area contributed by atoms with Crippen molar-refractivity contribution < 1.29 is 9.59 Å². The Morgan fingerprint density at radius 1 is 1.07 bits per heavy atom. The standard InChI is InChI=1S/C21H22N4O2/c1-22-20(26)11-10-15-6-3-4-9-19(15)24-21(27)17-8-5-7-16(12-17)18-13-23-25(2)14-18/h3-9,12-14H,10-11H2,1-2H3,(H,22,26)(H,24,27). The van der Waals surface area contributed by atoms with Crippen molar-refractivity contribution in [3.05, 3.63) is 72.1 Å². The number of hydrogen-bond donors (Lipinski definition) is 2. The smallest absolute Gasteiger partial charge is 0.255 e. The molecule has 6 nitrogen and oxygen atoms in total. The number of carbonyl (C=O) groups excluding carboxylic acids is 2. The van der Waals surface area contributed by atoms with Crippen molar-refractivity contribution in [1.29, 1.82) is 0 Å². The third-order valence-corrected chi connectivity index (χ3v) is 4.33. The van der Waals surface area contributed by atoms with Crippen LogP contribution in [0.15, 0.2) is 60.9 Å². The first kappa shape index (κ1) is 18.4. The Hall–Kier alpha value is -3.41. The second-order valence-corrected chi connectivity index (χ2v) is 6.27. The number of aromatic nitrogens is 2. The van der Waals surface area contributed by atoms with Gasteiger partial charge in [-0.3, -0.25) is 14.3 Å². The van der Waals surface area contributed by atoms with E-state index in [0.717, 1.165) is 22.4 Å². The number of anilines is 1. The van der Waals surface area contributed by atoms with Crippen LogP contribution in [0, 0.1) is 0 Å². The Labute approximate surface area is 158 Å². The highest BCUT2D eigenvalue weighted by Crippen LogP contribution is 2.22. The molecule has 0 unspecified atom stereocenters. The molecule has 1 aromatic heterocycles. The van der Waals surface area contributed by atoms with Gasteiger partial charge in [0.1, 0.15) is 0 Å². The lowest BCUT2D eigenvalue weighted by Crippen LogP contribution is -2.18. The molecule has 3 rings (SSSR count). The van der Waals surface area contributed by atoms with Gasteiger partial charge in [0.05, 0.1) is 6.20 Å². The van der Waals surface area contributed by atoms with Crippen LogP contribution in [0.1, 0.15) is 22.3 Å². The van der Waals surface area contributed by atoms with Gasteiger partial charge in [0, 0.05) is 43.5 Å². The van der Waals surface area contributed by atoms with Gasteiger partial charge in [0.15, 0.2) is 0 Å². The van der Waals surface area contributed by atoms with Gasteiger partial charge in [-0.05, 0) is 35.7 Å². The Balaban J connectivity index is 1.77. The molecule has 27 heavy (non-hydrogen) atoms. The number of nitrogens with zero attached hydrogens (tertiary/aromatic N) is 2. The molecular weight excluding hydrogens is 340 g/mol. The highest BCUT2D eigenvalue weighted by molar-refractivity contribution is 6.05. The molecule has 0 aliphatic carbocycles. The molecule has 0 atom stereocenters. The summed E-state index contributed by atoms with van der Waals surface area (Å²) in [7, 11) is 3.47. The van der Waals surface area contributed by atoms with Crippen LogP contribution in [0.5, 0.6) is 0 Å². The molecule has 2 aromatic carbocycles. The van der Waals surface area contributed by atoms with Crippen LogP contribution >= 0.6 is 0 Å². The molecule has 6 heteroatoms. The summed E-state index contributed by atoms with van der Waals surface area (Å²) in [5.41, 5.74) is 4.11. The Kier molecular flexibility index (Phi) is 5.66. The fourth-order valence-electron chi connectivity index (χ4n) is 2.84. The van der Waals surface area contributed by atoms with Crippen LogP contribution in [0.25, 0.3) is 11.1 Å². The normalized spacial score (nSPS) is 10.4. The van der Waals surface area contributed by atoms with Crippen molar-refractivity contribution in [2.45, 2.75) is 12.8 Å². The Bertz CT molecular complexity index is 962. The zero-order valence-corrected chi connectivity index (χ0v) is 15.4. The molecule has 1 heterocycles. The van der Waals surface area contributed by atoms with E-state index in [1.165, 1.54) is 0 Å². The number of nitrogens with one attached hydrogen (secondary N) is 2. The topological polar surface area (TPSA) is 76.0 Å². The van der Waals surface area contributed by atoms with Crippen molar-refractivity contribution in [1.82, 2.24) is 15.1 Å². The number of rotatable bonds is 6. The lowest BCUT2D eigenvalue weighted by molar-refractivity contribution is -0.120. The van der Waals surface area contributed by atoms with Crippen molar-refractivity contribution >= 4 is 17.5 Å². The summed E-state index contributed by atoms with van der Waals surface area (Å²) < 4.78 is 1.73. The van der Waals surface area contributed by atoms with E-state index < -0.39 is 0 Å². The van der Waals surface area contributed by atoms with E-state index in [2.05, 4.69) is 15.7 Å².